The fourth-order valence-electron chi connectivity index (χ4n) is 3.02. The molecule has 14 heteroatoms. The molecule has 3 rings (SSSR count). The standard InChI is InChI=1S/C19H18Cl2N2O10/c20-7-1-4-12(32-19-15(26)13(24)14(25)16(33-19)18(28)29)9(5-7)17(27)23(31)11-3-2-8(22-30)6-10(11)21/h1-6,13-16,19,22,24-26,30-31H,(H,28,29). The predicted molar refractivity (Wildman–Crippen MR) is 112 cm³/mol. The molecule has 0 spiro atoms. The maximum atomic E-state index is 13.0. The van der Waals surface area contributed by atoms with Crippen LogP contribution in [-0.4, -0.2) is 73.4 Å². The maximum absolute atomic E-state index is 13.0. The van der Waals surface area contributed by atoms with Crippen molar-refractivity contribution in [2.75, 3.05) is 10.5 Å². The molecule has 0 aliphatic carbocycles. The van der Waals surface area contributed by atoms with E-state index in [1.807, 2.05) is 5.48 Å². The van der Waals surface area contributed by atoms with Gasteiger partial charge in [-0.15, -0.1) is 0 Å². The highest BCUT2D eigenvalue weighted by molar-refractivity contribution is 6.34. The number of carbonyl (C=O) groups excluding carboxylic acids is 1. The van der Waals surface area contributed by atoms with Crippen molar-refractivity contribution in [1.82, 2.24) is 0 Å². The Morgan fingerprint density at radius 1 is 1.03 bits per heavy atom. The van der Waals surface area contributed by atoms with E-state index in [0.29, 0.717) is 0 Å². The summed E-state index contributed by atoms with van der Waals surface area (Å²) >= 11 is 12.0. The van der Waals surface area contributed by atoms with Crippen molar-refractivity contribution in [2.45, 2.75) is 30.7 Å². The number of nitrogens with one attached hydrogen (secondary N) is 1. The molecule has 1 fully saturated rings. The zero-order chi connectivity index (χ0) is 24.4. The van der Waals surface area contributed by atoms with Crippen LogP contribution in [-0.2, 0) is 9.53 Å². The molecule has 0 radical (unpaired) electrons. The summed E-state index contributed by atoms with van der Waals surface area (Å²) in [6.07, 6.45) is -9.47. The summed E-state index contributed by atoms with van der Waals surface area (Å²) in [6, 6.07) is 7.39. The number of hydrogen-bond donors (Lipinski definition) is 7. The zero-order valence-electron chi connectivity index (χ0n) is 16.4. The molecule has 2 aromatic carbocycles. The Morgan fingerprint density at radius 2 is 1.73 bits per heavy atom. The Labute approximate surface area is 195 Å². The number of hydrogen-bond acceptors (Lipinski definition) is 10. The maximum Gasteiger partial charge on any atom is 0.335 e. The van der Waals surface area contributed by atoms with E-state index in [1.54, 1.807) is 0 Å². The van der Waals surface area contributed by atoms with E-state index in [2.05, 4.69) is 0 Å². The highest BCUT2D eigenvalue weighted by Crippen LogP contribution is 2.33. The lowest BCUT2D eigenvalue weighted by molar-refractivity contribution is -0.271. The number of benzene rings is 2. The van der Waals surface area contributed by atoms with Gasteiger partial charge < -0.3 is 29.9 Å². The van der Waals surface area contributed by atoms with Crippen LogP contribution >= 0.6 is 23.2 Å². The van der Waals surface area contributed by atoms with Gasteiger partial charge in [0.15, 0.2) is 6.10 Å². The zero-order valence-corrected chi connectivity index (χ0v) is 17.9. The minimum atomic E-state index is -1.94. The van der Waals surface area contributed by atoms with Crippen molar-refractivity contribution < 1.29 is 49.9 Å². The van der Waals surface area contributed by atoms with Crippen molar-refractivity contribution in [3.05, 3.63) is 52.0 Å². The summed E-state index contributed by atoms with van der Waals surface area (Å²) in [5.41, 5.74) is 1.54. The summed E-state index contributed by atoms with van der Waals surface area (Å²) in [6.45, 7) is 0. The number of amides is 1. The second-order valence-corrected chi connectivity index (χ2v) is 7.73. The number of nitrogens with zero attached hydrogens (tertiary/aromatic N) is 1. The van der Waals surface area contributed by atoms with Crippen LogP contribution < -0.4 is 15.3 Å². The lowest BCUT2D eigenvalue weighted by atomic mass is 9.99. The van der Waals surface area contributed by atoms with Crippen LogP contribution in [0.3, 0.4) is 0 Å². The van der Waals surface area contributed by atoms with Crippen LogP contribution in [0.5, 0.6) is 5.75 Å². The van der Waals surface area contributed by atoms with Crippen molar-refractivity contribution in [3.8, 4) is 5.75 Å². The van der Waals surface area contributed by atoms with Crippen LogP contribution in [0.25, 0.3) is 0 Å². The van der Waals surface area contributed by atoms with Crippen molar-refractivity contribution in [2.24, 2.45) is 0 Å². The molecule has 0 saturated carbocycles. The van der Waals surface area contributed by atoms with Gasteiger partial charge in [0.2, 0.25) is 6.29 Å². The number of carboxylic acids is 1. The lowest BCUT2D eigenvalue weighted by Crippen LogP contribution is -2.61. The average Bonchev–Trinajstić information content (AvgIpc) is 2.79. The third kappa shape index (κ3) is 5.13. The Morgan fingerprint density at radius 3 is 2.33 bits per heavy atom. The van der Waals surface area contributed by atoms with Crippen molar-refractivity contribution in [1.29, 1.82) is 0 Å². The van der Waals surface area contributed by atoms with Gasteiger partial charge in [0.1, 0.15) is 24.1 Å². The number of aliphatic hydroxyl groups is 3. The number of aliphatic carboxylic acids is 1. The van der Waals surface area contributed by atoms with E-state index in [-0.39, 0.29) is 37.8 Å². The molecule has 5 unspecified atom stereocenters. The number of carbonyl (C=O) groups is 2. The SMILES string of the molecule is O=C(O)C1OC(Oc2ccc(Cl)cc2C(=O)N(O)c2ccc(NO)cc2Cl)C(O)C(O)C1O. The summed E-state index contributed by atoms with van der Waals surface area (Å²) in [7, 11) is 0. The average molecular weight is 505 g/mol. The number of carboxylic acid groups (broad SMARTS) is 1. The second-order valence-electron chi connectivity index (χ2n) is 6.89. The van der Waals surface area contributed by atoms with E-state index in [1.165, 1.54) is 30.3 Å². The van der Waals surface area contributed by atoms with Gasteiger partial charge in [-0.2, -0.15) is 5.06 Å². The number of anilines is 2. The summed E-state index contributed by atoms with van der Waals surface area (Å²) < 4.78 is 10.5. The third-order valence-electron chi connectivity index (χ3n) is 4.73. The van der Waals surface area contributed by atoms with E-state index in [9.17, 15) is 30.1 Å². The van der Waals surface area contributed by atoms with Gasteiger partial charge in [-0.3, -0.25) is 20.7 Å². The van der Waals surface area contributed by atoms with Gasteiger partial charge in [0.05, 0.1) is 22.0 Å². The first-order valence-electron chi connectivity index (χ1n) is 9.16. The molecule has 1 saturated heterocycles. The topological polar surface area (TPSA) is 189 Å². The number of hydroxylamine groups is 1. The van der Waals surface area contributed by atoms with Gasteiger partial charge in [0.25, 0.3) is 5.91 Å². The highest BCUT2D eigenvalue weighted by Gasteiger charge is 2.48. The molecule has 2 aromatic rings. The van der Waals surface area contributed by atoms with Crippen LogP contribution in [0.2, 0.25) is 10.0 Å². The number of aliphatic hydroxyl groups excluding tert-OH is 3. The molecule has 1 aliphatic rings. The Hall–Kier alpha value is -2.68. The minimum absolute atomic E-state index is 0.0639. The molecule has 1 aliphatic heterocycles. The smallest absolute Gasteiger partial charge is 0.335 e. The lowest BCUT2D eigenvalue weighted by Gasteiger charge is -2.38. The number of halogens is 2. The van der Waals surface area contributed by atoms with E-state index < -0.39 is 42.6 Å². The first kappa shape index (κ1) is 25.0. The van der Waals surface area contributed by atoms with E-state index in [0.717, 1.165) is 6.07 Å². The fourth-order valence-corrected chi connectivity index (χ4v) is 3.45. The first-order valence-corrected chi connectivity index (χ1v) is 9.92. The fraction of sp³-hybridized carbons (Fsp3) is 0.263. The summed E-state index contributed by atoms with van der Waals surface area (Å²) in [5, 5.41) is 58.6. The molecule has 7 N–H and O–H groups in total. The molecular weight excluding hydrogens is 487 g/mol. The van der Waals surface area contributed by atoms with Gasteiger partial charge in [-0.1, -0.05) is 23.2 Å². The molecule has 5 atom stereocenters. The summed E-state index contributed by atoms with van der Waals surface area (Å²) in [4.78, 5) is 24.2. The monoisotopic (exact) mass is 504 g/mol. The quantitative estimate of drug-likeness (QED) is 0.220. The summed E-state index contributed by atoms with van der Waals surface area (Å²) in [5.74, 6) is -3.00. The Kier molecular flexibility index (Phi) is 7.62. The number of ether oxygens (including phenoxy) is 2. The molecule has 1 amide bonds. The largest absolute Gasteiger partial charge is 0.479 e. The molecule has 1 heterocycles. The molecule has 178 valence electrons. The normalized spacial score (nSPS) is 24.8. The van der Waals surface area contributed by atoms with Crippen LogP contribution in [0.1, 0.15) is 10.4 Å². The van der Waals surface area contributed by atoms with Gasteiger partial charge >= 0.3 is 5.97 Å². The van der Waals surface area contributed by atoms with E-state index >= 15 is 0 Å². The van der Waals surface area contributed by atoms with Crippen LogP contribution in [0.4, 0.5) is 11.4 Å². The Balaban J connectivity index is 1.92. The van der Waals surface area contributed by atoms with Crippen LogP contribution in [0, 0.1) is 0 Å². The van der Waals surface area contributed by atoms with Gasteiger partial charge in [-0.05, 0) is 36.4 Å². The Bertz CT molecular complexity index is 1060. The molecule has 0 bridgehead atoms. The third-order valence-corrected chi connectivity index (χ3v) is 5.26. The minimum Gasteiger partial charge on any atom is -0.479 e. The van der Waals surface area contributed by atoms with Crippen molar-refractivity contribution in [3.63, 3.8) is 0 Å². The van der Waals surface area contributed by atoms with Crippen LogP contribution in [0.15, 0.2) is 36.4 Å². The first-order chi connectivity index (χ1) is 15.5. The molecule has 12 nitrogen and oxygen atoms in total. The van der Waals surface area contributed by atoms with Gasteiger partial charge in [-0.25, -0.2) is 4.79 Å². The predicted octanol–water partition coefficient (Wildman–Crippen LogP) is 1.10. The van der Waals surface area contributed by atoms with Gasteiger partial charge in [0, 0.05) is 5.02 Å². The van der Waals surface area contributed by atoms with Crippen molar-refractivity contribution >= 4 is 46.5 Å². The van der Waals surface area contributed by atoms with E-state index in [4.69, 9.17) is 43.0 Å². The second kappa shape index (κ2) is 10.1. The number of rotatable bonds is 6. The molecule has 33 heavy (non-hydrogen) atoms. The highest BCUT2D eigenvalue weighted by atomic mass is 35.5. The molecule has 0 aromatic heterocycles. The molecular formula is C19H18Cl2N2O10.